The van der Waals surface area contributed by atoms with Crippen LogP contribution in [0.1, 0.15) is 6.42 Å². The number of urea groups is 1. The summed E-state index contributed by atoms with van der Waals surface area (Å²) in [5.41, 5.74) is -0.376. The van der Waals surface area contributed by atoms with Crippen LogP contribution >= 0.6 is 11.6 Å². The first-order chi connectivity index (χ1) is 9.38. The van der Waals surface area contributed by atoms with Gasteiger partial charge in [0.05, 0.1) is 11.6 Å². The Morgan fingerprint density at radius 2 is 2.10 bits per heavy atom. The molecule has 2 N–H and O–H groups in total. The molecule has 0 saturated carbocycles. The quantitative estimate of drug-likeness (QED) is 0.825. The highest BCUT2D eigenvalue weighted by atomic mass is 35.5. The summed E-state index contributed by atoms with van der Waals surface area (Å²) in [6, 6.07) is 1.19. The predicted molar refractivity (Wildman–Crippen MR) is 67.7 cm³/mol. The summed E-state index contributed by atoms with van der Waals surface area (Å²) in [4.78, 5) is 23.9. The average molecular weight is 305 g/mol. The van der Waals surface area contributed by atoms with Crippen molar-refractivity contribution in [3.63, 3.8) is 0 Å². The van der Waals surface area contributed by atoms with Crippen molar-refractivity contribution >= 4 is 29.3 Å². The highest BCUT2D eigenvalue weighted by Gasteiger charge is 2.31. The van der Waals surface area contributed by atoms with Gasteiger partial charge in [-0.2, -0.15) is 0 Å². The number of amides is 2. The van der Waals surface area contributed by atoms with Crippen LogP contribution in [0.5, 0.6) is 0 Å². The maximum absolute atomic E-state index is 13.5. The highest BCUT2D eigenvalue weighted by Crippen LogP contribution is 2.24. The van der Waals surface area contributed by atoms with Gasteiger partial charge in [-0.05, 0) is 18.6 Å². The summed E-state index contributed by atoms with van der Waals surface area (Å²) in [5.74, 6) is -4.00. The van der Waals surface area contributed by atoms with Gasteiger partial charge in [0.15, 0.2) is 11.6 Å². The normalized spacial score (nSPS) is 18.1. The lowest BCUT2D eigenvalue weighted by Crippen LogP contribution is -2.34. The molecule has 1 fully saturated rings. The molecule has 1 heterocycles. The third-order valence-corrected chi connectivity index (χ3v) is 3.28. The Balaban J connectivity index is 2.08. The van der Waals surface area contributed by atoms with Crippen molar-refractivity contribution in [2.75, 3.05) is 18.4 Å². The van der Waals surface area contributed by atoms with Gasteiger partial charge in [-0.3, -0.25) is 4.79 Å². The summed E-state index contributed by atoms with van der Waals surface area (Å²) < 4.78 is 26.6. The third kappa shape index (κ3) is 2.98. The molecule has 0 radical (unpaired) electrons. The van der Waals surface area contributed by atoms with E-state index in [0.29, 0.717) is 6.42 Å². The minimum Gasteiger partial charge on any atom is -0.481 e. The Labute approximate surface area is 118 Å². The molecule has 108 valence electrons. The first-order valence-electron chi connectivity index (χ1n) is 5.81. The van der Waals surface area contributed by atoms with Crippen LogP contribution in [-0.2, 0) is 4.79 Å². The molecule has 1 saturated heterocycles. The summed E-state index contributed by atoms with van der Waals surface area (Å²) in [6.07, 6.45) is 0.329. The lowest BCUT2D eigenvalue weighted by atomic mass is 10.1. The molecule has 5 nitrogen and oxygen atoms in total. The maximum Gasteiger partial charge on any atom is 0.321 e. The molecule has 1 atom stereocenters. The van der Waals surface area contributed by atoms with E-state index in [9.17, 15) is 18.4 Å². The van der Waals surface area contributed by atoms with Crippen molar-refractivity contribution in [2.45, 2.75) is 6.42 Å². The van der Waals surface area contributed by atoms with Crippen molar-refractivity contribution in [3.8, 4) is 0 Å². The molecule has 2 amide bonds. The van der Waals surface area contributed by atoms with Crippen LogP contribution in [0.3, 0.4) is 0 Å². The second-order valence-electron chi connectivity index (χ2n) is 4.45. The number of carbonyl (C=O) groups excluding carboxylic acids is 1. The molecule has 1 unspecified atom stereocenters. The van der Waals surface area contributed by atoms with Crippen LogP contribution in [0.2, 0.25) is 5.02 Å². The van der Waals surface area contributed by atoms with Crippen LogP contribution in [-0.4, -0.2) is 35.1 Å². The molecule has 1 aliphatic heterocycles. The number of hydrogen-bond acceptors (Lipinski definition) is 2. The van der Waals surface area contributed by atoms with Gasteiger partial charge in [-0.15, -0.1) is 0 Å². The van der Waals surface area contributed by atoms with Crippen molar-refractivity contribution in [3.05, 3.63) is 28.8 Å². The summed E-state index contributed by atoms with van der Waals surface area (Å²) in [7, 11) is 0. The number of carboxylic acid groups (broad SMARTS) is 1. The number of anilines is 1. The number of nitrogens with one attached hydrogen (secondary N) is 1. The fourth-order valence-corrected chi connectivity index (χ4v) is 2.19. The van der Waals surface area contributed by atoms with E-state index < -0.39 is 29.6 Å². The molecule has 0 aromatic heterocycles. The fraction of sp³-hybridized carbons (Fsp3) is 0.333. The molecule has 0 bridgehead atoms. The number of hydrogen-bond donors (Lipinski definition) is 2. The summed E-state index contributed by atoms with van der Waals surface area (Å²) in [6.45, 7) is 0.277. The first kappa shape index (κ1) is 14.5. The van der Waals surface area contributed by atoms with Gasteiger partial charge in [-0.25, -0.2) is 13.6 Å². The number of rotatable bonds is 2. The molecule has 8 heteroatoms. The van der Waals surface area contributed by atoms with E-state index >= 15 is 0 Å². The Bertz CT molecular complexity index is 568. The molecule has 1 aromatic carbocycles. The maximum atomic E-state index is 13.5. The SMILES string of the molecule is O=C(O)C1CCN(C(=O)Nc2cc(Cl)cc(F)c2F)C1. The van der Waals surface area contributed by atoms with Gasteiger partial charge >= 0.3 is 12.0 Å². The van der Waals surface area contributed by atoms with Gasteiger partial charge in [0.1, 0.15) is 0 Å². The lowest BCUT2D eigenvalue weighted by Gasteiger charge is -2.17. The smallest absolute Gasteiger partial charge is 0.321 e. The predicted octanol–water partition coefficient (Wildman–Crippen LogP) is 2.56. The van der Waals surface area contributed by atoms with Crippen molar-refractivity contribution in [2.24, 2.45) is 5.92 Å². The number of benzene rings is 1. The standard InChI is InChI=1S/C12H11ClF2N2O3/c13-7-3-8(14)10(15)9(4-7)16-12(20)17-2-1-6(5-17)11(18)19/h3-4,6H,1-2,5H2,(H,16,20)(H,18,19). The molecule has 0 aliphatic carbocycles. The van der Waals surface area contributed by atoms with Crippen molar-refractivity contribution in [1.82, 2.24) is 4.90 Å². The topological polar surface area (TPSA) is 69.6 Å². The average Bonchev–Trinajstić information content (AvgIpc) is 2.85. The molecular formula is C12H11ClF2N2O3. The van der Waals surface area contributed by atoms with Crippen LogP contribution in [0.25, 0.3) is 0 Å². The van der Waals surface area contributed by atoms with Crippen LogP contribution in [0.4, 0.5) is 19.3 Å². The molecule has 20 heavy (non-hydrogen) atoms. The summed E-state index contributed by atoms with van der Waals surface area (Å²) >= 11 is 5.58. The Kier molecular flexibility index (Phi) is 4.08. The van der Waals surface area contributed by atoms with Crippen LogP contribution in [0, 0.1) is 17.6 Å². The van der Waals surface area contributed by atoms with Gasteiger partial charge in [0.25, 0.3) is 0 Å². The molecule has 1 aromatic rings. The van der Waals surface area contributed by atoms with E-state index in [0.717, 1.165) is 12.1 Å². The van der Waals surface area contributed by atoms with Crippen molar-refractivity contribution < 1.29 is 23.5 Å². The van der Waals surface area contributed by atoms with E-state index in [4.69, 9.17) is 16.7 Å². The largest absolute Gasteiger partial charge is 0.481 e. The van der Waals surface area contributed by atoms with E-state index in [1.165, 1.54) is 4.90 Å². The molecule has 0 spiro atoms. The van der Waals surface area contributed by atoms with Crippen LogP contribution < -0.4 is 5.32 Å². The second-order valence-corrected chi connectivity index (χ2v) is 4.89. The second kappa shape index (κ2) is 5.62. The number of nitrogens with zero attached hydrogens (tertiary/aromatic N) is 1. The zero-order valence-corrected chi connectivity index (χ0v) is 11.0. The zero-order valence-electron chi connectivity index (χ0n) is 10.2. The fourth-order valence-electron chi connectivity index (χ4n) is 1.99. The van der Waals surface area contributed by atoms with E-state index in [1.807, 2.05) is 0 Å². The number of carbonyl (C=O) groups is 2. The first-order valence-corrected chi connectivity index (χ1v) is 6.19. The van der Waals surface area contributed by atoms with Crippen LogP contribution in [0.15, 0.2) is 12.1 Å². The molecular weight excluding hydrogens is 294 g/mol. The number of halogens is 3. The molecule has 2 rings (SSSR count). The Hall–Kier alpha value is -1.89. The van der Waals surface area contributed by atoms with E-state index in [2.05, 4.69) is 5.32 Å². The molecule has 1 aliphatic rings. The monoisotopic (exact) mass is 304 g/mol. The Morgan fingerprint density at radius 1 is 1.40 bits per heavy atom. The van der Waals surface area contributed by atoms with Gasteiger partial charge in [-0.1, -0.05) is 11.6 Å². The number of likely N-dealkylation sites (tertiary alicyclic amines) is 1. The van der Waals surface area contributed by atoms with Crippen molar-refractivity contribution in [1.29, 1.82) is 0 Å². The van der Waals surface area contributed by atoms with Gasteiger partial charge < -0.3 is 15.3 Å². The third-order valence-electron chi connectivity index (χ3n) is 3.06. The highest BCUT2D eigenvalue weighted by molar-refractivity contribution is 6.30. The van der Waals surface area contributed by atoms with Gasteiger partial charge in [0.2, 0.25) is 0 Å². The minimum atomic E-state index is -1.21. The summed E-state index contributed by atoms with van der Waals surface area (Å²) in [5, 5.41) is 11.0. The van der Waals surface area contributed by atoms with E-state index in [1.54, 1.807) is 0 Å². The zero-order chi connectivity index (χ0) is 14.9. The van der Waals surface area contributed by atoms with E-state index in [-0.39, 0.29) is 23.8 Å². The number of carboxylic acids is 1. The number of aliphatic carboxylic acids is 1. The Morgan fingerprint density at radius 3 is 2.70 bits per heavy atom. The van der Waals surface area contributed by atoms with Gasteiger partial charge in [0, 0.05) is 18.1 Å². The minimum absolute atomic E-state index is 0.0336. The lowest BCUT2D eigenvalue weighted by molar-refractivity contribution is -0.141.